The number of hydrogen-bond acceptors (Lipinski definition) is 3. The molecule has 1 saturated heterocycles. The van der Waals surface area contributed by atoms with Gasteiger partial charge in [0.25, 0.3) is 0 Å². The summed E-state index contributed by atoms with van der Waals surface area (Å²) in [5.41, 5.74) is 0. The zero-order chi connectivity index (χ0) is 12.7. The molecule has 0 aromatic carbocycles. The maximum absolute atomic E-state index is 11.5. The van der Waals surface area contributed by atoms with Gasteiger partial charge in [0.2, 0.25) is 0 Å². The van der Waals surface area contributed by atoms with Crippen LogP contribution in [0.4, 0.5) is 4.79 Å². The van der Waals surface area contributed by atoms with Crippen LogP contribution >= 0.6 is 0 Å². The molecule has 6 heteroatoms. The van der Waals surface area contributed by atoms with Crippen LogP contribution in [0.1, 0.15) is 26.2 Å². The molecular weight excluding hydrogens is 222 g/mol. The van der Waals surface area contributed by atoms with Crippen molar-refractivity contribution in [2.45, 2.75) is 32.2 Å². The summed E-state index contributed by atoms with van der Waals surface area (Å²) in [6.45, 7) is 4.06. The number of piperidine rings is 1. The van der Waals surface area contributed by atoms with Gasteiger partial charge in [-0.3, -0.25) is 4.79 Å². The number of urea groups is 1. The predicted molar refractivity (Wildman–Crippen MR) is 63.8 cm³/mol. The molecule has 1 aliphatic heterocycles. The van der Waals surface area contributed by atoms with Crippen LogP contribution in [0.2, 0.25) is 0 Å². The summed E-state index contributed by atoms with van der Waals surface area (Å²) in [6.07, 6.45) is 1.96. The Bertz CT molecular complexity index is 265. The Balaban J connectivity index is 2.13. The van der Waals surface area contributed by atoms with Gasteiger partial charge in [0.15, 0.2) is 0 Å². The molecule has 1 fully saturated rings. The van der Waals surface area contributed by atoms with Gasteiger partial charge in [-0.25, -0.2) is 4.79 Å². The van der Waals surface area contributed by atoms with Crippen molar-refractivity contribution in [2.75, 3.05) is 19.6 Å². The molecule has 1 rings (SSSR count). The van der Waals surface area contributed by atoms with Crippen molar-refractivity contribution in [3.05, 3.63) is 0 Å². The third-order valence-corrected chi connectivity index (χ3v) is 2.81. The highest BCUT2D eigenvalue weighted by atomic mass is 16.4. The van der Waals surface area contributed by atoms with Crippen LogP contribution in [0.25, 0.3) is 0 Å². The number of aliphatic carboxylic acids is 1. The Hall–Kier alpha value is -1.30. The molecule has 1 aliphatic rings. The van der Waals surface area contributed by atoms with E-state index in [2.05, 4.69) is 16.0 Å². The van der Waals surface area contributed by atoms with Crippen molar-refractivity contribution in [1.82, 2.24) is 16.0 Å². The number of carbonyl (C=O) groups excluding carboxylic acids is 1. The Morgan fingerprint density at radius 2 is 2.06 bits per heavy atom. The Morgan fingerprint density at radius 3 is 2.65 bits per heavy atom. The van der Waals surface area contributed by atoms with Gasteiger partial charge in [0.05, 0.1) is 0 Å². The van der Waals surface area contributed by atoms with Crippen LogP contribution in [-0.4, -0.2) is 42.8 Å². The van der Waals surface area contributed by atoms with Gasteiger partial charge in [-0.1, -0.05) is 6.92 Å². The average Bonchev–Trinajstić information content (AvgIpc) is 2.27. The van der Waals surface area contributed by atoms with Crippen molar-refractivity contribution < 1.29 is 14.7 Å². The summed E-state index contributed by atoms with van der Waals surface area (Å²) in [7, 11) is 0. The molecule has 98 valence electrons. The number of carboxylic acids is 1. The summed E-state index contributed by atoms with van der Waals surface area (Å²) < 4.78 is 0. The molecule has 0 bridgehead atoms. The normalized spacial score (nSPS) is 18.4. The van der Waals surface area contributed by atoms with Crippen molar-refractivity contribution in [2.24, 2.45) is 5.92 Å². The van der Waals surface area contributed by atoms with E-state index in [4.69, 9.17) is 5.11 Å². The van der Waals surface area contributed by atoms with Gasteiger partial charge in [0.1, 0.15) is 0 Å². The van der Waals surface area contributed by atoms with Crippen LogP contribution < -0.4 is 16.0 Å². The quantitative estimate of drug-likeness (QED) is 0.553. The zero-order valence-corrected chi connectivity index (χ0v) is 10.2. The lowest BCUT2D eigenvalue weighted by Gasteiger charge is -2.24. The van der Waals surface area contributed by atoms with E-state index < -0.39 is 5.97 Å². The Labute approximate surface area is 101 Å². The molecule has 17 heavy (non-hydrogen) atoms. The van der Waals surface area contributed by atoms with Crippen LogP contribution in [0.3, 0.4) is 0 Å². The lowest BCUT2D eigenvalue weighted by atomic mass is 10.1. The highest BCUT2D eigenvalue weighted by molar-refractivity contribution is 5.74. The molecule has 0 saturated carbocycles. The molecule has 0 aromatic rings. The zero-order valence-electron chi connectivity index (χ0n) is 10.2. The van der Waals surface area contributed by atoms with Crippen LogP contribution in [0, 0.1) is 5.92 Å². The fourth-order valence-corrected chi connectivity index (χ4v) is 1.84. The van der Waals surface area contributed by atoms with Gasteiger partial charge < -0.3 is 21.1 Å². The molecule has 0 aliphatic carbocycles. The molecule has 6 nitrogen and oxygen atoms in total. The first kappa shape index (κ1) is 13.8. The number of carbonyl (C=O) groups is 2. The summed E-state index contributed by atoms with van der Waals surface area (Å²) in [6, 6.07) is 0.0279. The lowest BCUT2D eigenvalue weighted by molar-refractivity contribution is -0.137. The van der Waals surface area contributed by atoms with E-state index >= 15 is 0 Å². The van der Waals surface area contributed by atoms with Crippen molar-refractivity contribution in [3.63, 3.8) is 0 Å². The summed E-state index contributed by atoms with van der Waals surface area (Å²) in [5, 5.41) is 17.4. The molecule has 1 heterocycles. The Kier molecular flexibility index (Phi) is 5.76. The van der Waals surface area contributed by atoms with E-state index in [1.54, 1.807) is 6.92 Å². The number of hydrogen-bond donors (Lipinski definition) is 4. The highest BCUT2D eigenvalue weighted by Crippen LogP contribution is 2.02. The van der Waals surface area contributed by atoms with Crippen molar-refractivity contribution in [1.29, 1.82) is 0 Å². The van der Waals surface area contributed by atoms with Gasteiger partial charge in [0, 0.05) is 19.0 Å². The molecule has 1 unspecified atom stereocenters. The maximum atomic E-state index is 11.5. The van der Waals surface area contributed by atoms with Crippen molar-refractivity contribution >= 4 is 12.0 Å². The second kappa shape index (κ2) is 7.11. The number of nitrogens with one attached hydrogen (secondary N) is 3. The van der Waals surface area contributed by atoms with E-state index in [9.17, 15) is 9.59 Å². The minimum atomic E-state index is -0.835. The average molecular weight is 243 g/mol. The predicted octanol–water partition coefficient (Wildman–Crippen LogP) is 0.148. The van der Waals surface area contributed by atoms with Crippen LogP contribution in [0.5, 0.6) is 0 Å². The summed E-state index contributed by atoms with van der Waals surface area (Å²) >= 11 is 0. The Morgan fingerprint density at radius 1 is 1.41 bits per heavy atom. The minimum Gasteiger partial charge on any atom is -0.481 e. The van der Waals surface area contributed by atoms with Gasteiger partial charge in [-0.2, -0.15) is 0 Å². The first-order valence-electron chi connectivity index (χ1n) is 6.05. The summed E-state index contributed by atoms with van der Waals surface area (Å²) in [5.74, 6) is -0.885. The molecule has 0 aromatic heterocycles. The van der Waals surface area contributed by atoms with E-state index in [0.717, 1.165) is 25.9 Å². The van der Waals surface area contributed by atoms with E-state index in [-0.39, 0.29) is 24.4 Å². The molecule has 0 radical (unpaired) electrons. The van der Waals surface area contributed by atoms with Gasteiger partial charge in [-0.15, -0.1) is 0 Å². The first-order chi connectivity index (χ1) is 8.08. The molecule has 4 N–H and O–H groups in total. The fourth-order valence-electron chi connectivity index (χ4n) is 1.84. The fraction of sp³-hybridized carbons (Fsp3) is 0.818. The standard InChI is InChI=1S/C11H21N3O3/c1-8(6-10(15)16)7-13-11(17)14-9-2-4-12-5-3-9/h8-9,12H,2-7H2,1H3,(H,15,16)(H2,13,14,17). The van der Waals surface area contributed by atoms with E-state index in [1.165, 1.54) is 0 Å². The maximum Gasteiger partial charge on any atom is 0.315 e. The van der Waals surface area contributed by atoms with Crippen LogP contribution in [-0.2, 0) is 4.79 Å². The number of amides is 2. The molecule has 1 atom stereocenters. The SMILES string of the molecule is CC(CNC(=O)NC1CCNCC1)CC(=O)O. The molecule has 2 amide bonds. The minimum absolute atomic E-state index is 0.0497. The van der Waals surface area contributed by atoms with Crippen molar-refractivity contribution in [3.8, 4) is 0 Å². The largest absolute Gasteiger partial charge is 0.481 e. The van der Waals surface area contributed by atoms with Crippen LogP contribution in [0.15, 0.2) is 0 Å². The smallest absolute Gasteiger partial charge is 0.315 e. The number of rotatable bonds is 5. The first-order valence-corrected chi connectivity index (χ1v) is 6.05. The molecular formula is C11H21N3O3. The topological polar surface area (TPSA) is 90.5 Å². The van der Waals surface area contributed by atoms with E-state index in [0.29, 0.717) is 6.54 Å². The lowest BCUT2D eigenvalue weighted by Crippen LogP contribution is -2.47. The van der Waals surface area contributed by atoms with Gasteiger partial charge >= 0.3 is 12.0 Å². The third-order valence-electron chi connectivity index (χ3n) is 2.81. The van der Waals surface area contributed by atoms with Gasteiger partial charge in [-0.05, 0) is 31.8 Å². The monoisotopic (exact) mass is 243 g/mol. The summed E-state index contributed by atoms with van der Waals surface area (Å²) in [4.78, 5) is 21.9. The third kappa shape index (κ3) is 6.11. The second-order valence-corrected chi connectivity index (χ2v) is 4.58. The molecule has 0 spiro atoms. The number of carboxylic acid groups (broad SMARTS) is 1. The second-order valence-electron chi connectivity index (χ2n) is 4.58. The van der Waals surface area contributed by atoms with E-state index in [1.807, 2.05) is 0 Å². The highest BCUT2D eigenvalue weighted by Gasteiger charge is 2.15.